The highest BCUT2D eigenvalue weighted by molar-refractivity contribution is 5.12. The number of aliphatic hydroxyl groups excluding tert-OH is 1. The van der Waals surface area contributed by atoms with Gasteiger partial charge in [-0.3, -0.25) is 0 Å². The highest BCUT2D eigenvalue weighted by Crippen LogP contribution is 2.22. The molecule has 0 heterocycles. The van der Waals surface area contributed by atoms with E-state index in [0.717, 1.165) is 25.7 Å². The standard InChI is InChI=1S/C9H14O/c1-2-4-8-5-3-6-9(10)7-8/h2,4,9-10H,1,3,5-7H2. The molecule has 1 nitrogen and oxygen atoms in total. The number of rotatable bonds is 1. The van der Waals surface area contributed by atoms with Crippen LogP contribution in [0.15, 0.2) is 24.3 Å². The van der Waals surface area contributed by atoms with E-state index in [2.05, 4.69) is 6.58 Å². The lowest BCUT2D eigenvalue weighted by Crippen LogP contribution is -2.12. The third-order valence-electron chi connectivity index (χ3n) is 1.89. The maximum absolute atomic E-state index is 9.23. The highest BCUT2D eigenvalue weighted by Gasteiger charge is 2.12. The van der Waals surface area contributed by atoms with Crippen LogP contribution in [0.5, 0.6) is 0 Å². The van der Waals surface area contributed by atoms with E-state index < -0.39 is 0 Å². The summed E-state index contributed by atoms with van der Waals surface area (Å²) in [6.45, 7) is 3.62. The molecule has 1 unspecified atom stereocenters. The van der Waals surface area contributed by atoms with Crippen LogP contribution in [-0.4, -0.2) is 11.2 Å². The van der Waals surface area contributed by atoms with Crippen LogP contribution in [0.25, 0.3) is 0 Å². The summed E-state index contributed by atoms with van der Waals surface area (Å²) in [4.78, 5) is 0. The third kappa shape index (κ3) is 1.99. The first kappa shape index (κ1) is 7.55. The SMILES string of the molecule is C=CC=C1CCCC(O)C1. The van der Waals surface area contributed by atoms with Gasteiger partial charge in [-0.15, -0.1) is 0 Å². The van der Waals surface area contributed by atoms with Crippen molar-refractivity contribution in [2.24, 2.45) is 0 Å². The minimum absolute atomic E-state index is 0.0973. The number of allylic oxidation sites excluding steroid dienone is 2. The summed E-state index contributed by atoms with van der Waals surface area (Å²) in [5.41, 5.74) is 1.34. The quantitative estimate of drug-likeness (QED) is 0.588. The molecule has 0 saturated heterocycles. The Labute approximate surface area is 62.1 Å². The zero-order valence-corrected chi connectivity index (χ0v) is 6.21. The van der Waals surface area contributed by atoms with E-state index in [1.165, 1.54) is 5.57 Å². The fourth-order valence-corrected chi connectivity index (χ4v) is 1.39. The molecule has 0 aromatic rings. The molecule has 1 saturated carbocycles. The number of aliphatic hydroxyl groups is 1. The van der Waals surface area contributed by atoms with Crippen molar-refractivity contribution in [2.75, 3.05) is 0 Å². The zero-order chi connectivity index (χ0) is 7.40. The van der Waals surface area contributed by atoms with Gasteiger partial charge in [-0.1, -0.05) is 24.3 Å². The summed E-state index contributed by atoms with van der Waals surface area (Å²) in [5.74, 6) is 0. The Morgan fingerprint density at radius 1 is 1.60 bits per heavy atom. The van der Waals surface area contributed by atoms with Crippen molar-refractivity contribution in [2.45, 2.75) is 31.8 Å². The first-order valence-electron chi connectivity index (χ1n) is 3.81. The van der Waals surface area contributed by atoms with Crippen molar-refractivity contribution in [3.63, 3.8) is 0 Å². The molecule has 0 bridgehead atoms. The summed E-state index contributed by atoms with van der Waals surface area (Å²) in [5, 5.41) is 9.23. The smallest absolute Gasteiger partial charge is 0.0577 e. The molecule has 1 fully saturated rings. The number of hydrogen-bond acceptors (Lipinski definition) is 1. The first-order valence-corrected chi connectivity index (χ1v) is 3.81. The molecule has 56 valence electrons. The van der Waals surface area contributed by atoms with Crippen LogP contribution < -0.4 is 0 Å². The Hall–Kier alpha value is -0.560. The highest BCUT2D eigenvalue weighted by atomic mass is 16.3. The Balaban J connectivity index is 2.46. The normalized spacial score (nSPS) is 30.5. The van der Waals surface area contributed by atoms with Crippen LogP contribution in [0, 0.1) is 0 Å². The Bertz CT molecular complexity index is 147. The van der Waals surface area contributed by atoms with E-state index in [1.54, 1.807) is 6.08 Å². The molecule has 0 spiro atoms. The van der Waals surface area contributed by atoms with Gasteiger partial charge >= 0.3 is 0 Å². The average molecular weight is 138 g/mol. The van der Waals surface area contributed by atoms with E-state index in [-0.39, 0.29) is 6.10 Å². The van der Waals surface area contributed by atoms with E-state index >= 15 is 0 Å². The largest absolute Gasteiger partial charge is 0.393 e. The topological polar surface area (TPSA) is 20.2 Å². The summed E-state index contributed by atoms with van der Waals surface area (Å²) in [6.07, 6.45) is 7.81. The minimum Gasteiger partial charge on any atom is -0.393 e. The summed E-state index contributed by atoms with van der Waals surface area (Å²) in [7, 11) is 0. The van der Waals surface area contributed by atoms with E-state index in [9.17, 15) is 5.11 Å². The summed E-state index contributed by atoms with van der Waals surface area (Å²) in [6, 6.07) is 0. The third-order valence-corrected chi connectivity index (χ3v) is 1.89. The summed E-state index contributed by atoms with van der Waals surface area (Å²) < 4.78 is 0. The Kier molecular flexibility index (Phi) is 2.69. The molecule has 0 amide bonds. The van der Waals surface area contributed by atoms with Gasteiger partial charge in [-0.05, 0) is 25.7 Å². The molecule has 0 radical (unpaired) electrons. The molecule has 1 aliphatic carbocycles. The molecule has 1 N–H and O–H groups in total. The lowest BCUT2D eigenvalue weighted by atomic mass is 9.92. The van der Waals surface area contributed by atoms with E-state index in [0.29, 0.717) is 0 Å². The van der Waals surface area contributed by atoms with Crippen molar-refractivity contribution < 1.29 is 5.11 Å². The molecule has 1 atom stereocenters. The van der Waals surface area contributed by atoms with E-state index in [4.69, 9.17) is 0 Å². The zero-order valence-electron chi connectivity index (χ0n) is 6.21. The van der Waals surface area contributed by atoms with Crippen LogP contribution in [0.2, 0.25) is 0 Å². The maximum Gasteiger partial charge on any atom is 0.0577 e. The molecule has 0 aromatic carbocycles. The van der Waals surface area contributed by atoms with Gasteiger partial charge in [0, 0.05) is 0 Å². The molecular weight excluding hydrogens is 124 g/mol. The molecule has 0 aliphatic heterocycles. The van der Waals surface area contributed by atoms with Crippen LogP contribution >= 0.6 is 0 Å². The predicted molar refractivity (Wildman–Crippen MR) is 42.8 cm³/mol. The molecule has 1 aliphatic rings. The van der Waals surface area contributed by atoms with Gasteiger partial charge in [0.2, 0.25) is 0 Å². The molecule has 0 aromatic heterocycles. The van der Waals surface area contributed by atoms with E-state index in [1.807, 2.05) is 6.08 Å². The van der Waals surface area contributed by atoms with Gasteiger partial charge in [-0.25, -0.2) is 0 Å². The minimum atomic E-state index is -0.0973. The van der Waals surface area contributed by atoms with Crippen molar-refractivity contribution in [3.8, 4) is 0 Å². The van der Waals surface area contributed by atoms with Gasteiger partial charge in [0.05, 0.1) is 6.10 Å². The Morgan fingerprint density at radius 2 is 2.40 bits per heavy atom. The fraction of sp³-hybridized carbons (Fsp3) is 0.556. The molecular formula is C9H14O. The van der Waals surface area contributed by atoms with Crippen LogP contribution in [0.4, 0.5) is 0 Å². The van der Waals surface area contributed by atoms with Crippen LogP contribution in [-0.2, 0) is 0 Å². The first-order chi connectivity index (χ1) is 4.83. The average Bonchev–Trinajstić information content (AvgIpc) is 1.88. The molecule has 10 heavy (non-hydrogen) atoms. The monoisotopic (exact) mass is 138 g/mol. The van der Waals surface area contributed by atoms with Crippen molar-refractivity contribution in [3.05, 3.63) is 24.3 Å². The van der Waals surface area contributed by atoms with Gasteiger partial charge in [-0.2, -0.15) is 0 Å². The fourth-order valence-electron chi connectivity index (χ4n) is 1.39. The van der Waals surface area contributed by atoms with Gasteiger partial charge in [0.25, 0.3) is 0 Å². The van der Waals surface area contributed by atoms with Gasteiger partial charge in [0.15, 0.2) is 0 Å². The predicted octanol–water partition coefficient (Wildman–Crippen LogP) is 2.03. The second-order valence-corrected chi connectivity index (χ2v) is 2.81. The molecule has 1 heteroatoms. The van der Waals surface area contributed by atoms with Gasteiger partial charge in [0.1, 0.15) is 0 Å². The maximum atomic E-state index is 9.23. The lowest BCUT2D eigenvalue weighted by Gasteiger charge is -2.18. The lowest BCUT2D eigenvalue weighted by molar-refractivity contribution is 0.149. The van der Waals surface area contributed by atoms with Crippen LogP contribution in [0.3, 0.4) is 0 Å². The second-order valence-electron chi connectivity index (χ2n) is 2.81. The Morgan fingerprint density at radius 3 is 3.00 bits per heavy atom. The van der Waals surface area contributed by atoms with Crippen molar-refractivity contribution in [1.29, 1.82) is 0 Å². The summed E-state index contributed by atoms with van der Waals surface area (Å²) >= 11 is 0. The molecule has 1 rings (SSSR count). The van der Waals surface area contributed by atoms with Crippen LogP contribution in [0.1, 0.15) is 25.7 Å². The second kappa shape index (κ2) is 3.57. The van der Waals surface area contributed by atoms with Crippen molar-refractivity contribution in [1.82, 2.24) is 0 Å². The number of hydrogen-bond donors (Lipinski definition) is 1. The van der Waals surface area contributed by atoms with Crippen molar-refractivity contribution >= 4 is 0 Å². The van der Waals surface area contributed by atoms with Gasteiger partial charge < -0.3 is 5.11 Å².